The van der Waals surface area contributed by atoms with Gasteiger partial charge in [-0.3, -0.25) is 0 Å². The van der Waals surface area contributed by atoms with Gasteiger partial charge in [0.2, 0.25) is 0 Å². The fourth-order valence-electron chi connectivity index (χ4n) is 3.33. The summed E-state index contributed by atoms with van der Waals surface area (Å²) in [5.74, 6) is 0.573. The monoisotopic (exact) mass is 264 g/mol. The molecule has 0 aromatic heterocycles. The molecule has 1 saturated carbocycles. The largest absolute Gasteiger partial charge is 0.117 e. The maximum atomic E-state index is 6.70. The standard InChI is InChI=1S/C17H25Cl/c1-6-7-12-8-10-13(11-9-12)14(18)15-16(2,3)17(15,4)5/h8-11,14-15H,6-7H2,1-5H3. The van der Waals surface area contributed by atoms with E-state index in [4.69, 9.17) is 11.6 Å². The van der Waals surface area contributed by atoms with Gasteiger partial charge in [-0.1, -0.05) is 65.3 Å². The molecule has 1 aromatic carbocycles. The Bertz CT molecular complexity index is 400. The first-order valence-electron chi connectivity index (χ1n) is 7.05. The fourth-order valence-corrected chi connectivity index (χ4v) is 4.10. The van der Waals surface area contributed by atoms with Crippen molar-refractivity contribution in [2.24, 2.45) is 16.7 Å². The van der Waals surface area contributed by atoms with Crippen LogP contribution in [0.15, 0.2) is 24.3 Å². The number of hydrogen-bond donors (Lipinski definition) is 0. The van der Waals surface area contributed by atoms with E-state index in [2.05, 4.69) is 58.9 Å². The molecule has 1 aliphatic rings. The van der Waals surface area contributed by atoms with E-state index >= 15 is 0 Å². The Morgan fingerprint density at radius 1 is 1.06 bits per heavy atom. The van der Waals surface area contributed by atoms with Gasteiger partial charge in [-0.05, 0) is 34.3 Å². The minimum absolute atomic E-state index is 0.144. The average Bonchev–Trinajstić information content (AvgIpc) is 2.70. The first kappa shape index (κ1) is 13.9. The van der Waals surface area contributed by atoms with Crippen molar-refractivity contribution in [2.75, 3.05) is 0 Å². The molecular weight excluding hydrogens is 240 g/mol. The van der Waals surface area contributed by atoms with Gasteiger partial charge in [-0.15, -0.1) is 11.6 Å². The summed E-state index contributed by atoms with van der Waals surface area (Å²) in [4.78, 5) is 0. The van der Waals surface area contributed by atoms with Crippen molar-refractivity contribution in [2.45, 2.75) is 52.8 Å². The normalized spacial score (nSPS) is 22.8. The second-order valence-corrected chi connectivity index (χ2v) is 7.28. The summed E-state index contributed by atoms with van der Waals surface area (Å²) in [6, 6.07) is 8.90. The minimum atomic E-state index is 0.144. The molecule has 0 aliphatic heterocycles. The summed E-state index contributed by atoms with van der Waals surface area (Å²) in [5, 5.41) is 0.144. The number of benzene rings is 1. The third-order valence-electron chi connectivity index (χ3n) is 5.26. The predicted molar refractivity (Wildman–Crippen MR) is 80.1 cm³/mol. The van der Waals surface area contributed by atoms with Crippen LogP contribution in [0.4, 0.5) is 0 Å². The molecule has 0 radical (unpaired) electrons. The lowest BCUT2D eigenvalue weighted by atomic mass is 10.00. The molecule has 1 unspecified atom stereocenters. The number of alkyl halides is 1. The quantitative estimate of drug-likeness (QED) is 0.621. The summed E-state index contributed by atoms with van der Waals surface area (Å²) in [7, 11) is 0. The fraction of sp³-hybridized carbons (Fsp3) is 0.647. The summed E-state index contributed by atoms with van der Waals surface area (Å²) < 4.78 is 0. The topological polar surface area (TPSA) is 0 Å². The second kappa shape index (κ2) is 4.56. The number of aryl methyl sites for hydroxylation is 1. The summed E-state index contributed by atoms with van der Waals surface area (Å²) in [6.07, 6.45) is 2.36. The molecule has 1 aromatic rings. The molecule has 100 valence electrons. The van der Waals surface area contributed by atoms with Gasteiger partial charge in [0.05, 0.1) is 5.38 Å². The number of rotatable bonds is 4. The van der Waals surface area contributed by atoms with Crippen LogP contribution in [-0.2, 0) is 6.42 Å². The third-order valence-corrected chi connectivity index (χ3v) is 5.77. The van der Waals surface area contributed by atoms with E-state index in [9.17, 15) is 0 Å². The van der Waals surface area contributed by atoms with Crippen LogP contribution in [-0.4, -0.2) is 0 Å². The van der Waals surface area contributed by atoms with E-state index in [1.54, 1.807) is 0 Å². The van der Waals surface area contributed by atoms with Crippen molar-refractivity contribution >= 4 is 11.6 Å². The van der Waals surface area contributed by atoms with Gasteiger partial charge in [-0.2, -0.15) is 0 Å². The van der Waals surface area contributed by atoms with Gasteiger partial charge >= 0.3 is 0 Å². The van der Waals surface area contributed by atoms with Gasteiger partial charge in [0.1, 0.15) is 0 Å². The molecule has 0 bridgehead atoms. The van der Waals surface area contributed by atoms with Gasteiger partial charge < -0.3 is 0 Å². The Morgan fingerprint density at radius 3 is 1.94 bits per heavy atom. The molecule has 18 heavy (non-hydrogen) atoms. The van der Waals surface area contributed by atoms with E-state index in [0.29, 0.717) is 16.7 Å². The first-order chi connectivity index (χ1) is 8.32. The molecular formula is C17H25Cl. The SMILES string of the molecule is CCCc1ccc(C(Cl)C2C(C)(C)C2(C)C)cc1. The van der Waals surface area contributed by atoms with Crippen LogP contribution in [0.1, 0.15) is 57.5 Å². The molecule has 0 spiro atoms. The van der Waals surface area contributed by atoms with Gasteiger partial charge in [0.25, 0.3) is 0 Å². The summed E-state index contributed by atoms with van der Waals surface area (Å²) in [5.41, 5.74) is 3.39. The maximum Gasteiger partial charge on any atom is 0.0624 e. The van der Waals surface area contributed by atoms with Crippen LogP contribution in [0.3, 0.4) is 0 Å². The Morgan fingerprint density at radius 2 is 1.56 bits per heavy atom. The van der Waals surface area contributed by atoms with Crippen LogP contribution in [0, 0.1) is 16.7 Å². The molecule has 2 rings (SSSR count). The van der Waals surface area contributed by atoms with E-state index in [1.807, 2.05) is 0 Å². The molecule has 1 aliphatic carbocycles. The molecule has 0 amide bonds. The van der Waals surface area contributed by atoms with Crippen LogP contribution in [0.2, 0.25) is 0 Å². The Kier molecular flexibility index (Phi) is 3.53. The first-order valence-corrected chi connectivity index (χ1v) is 7.49. The average molecular weight is 265 g/mol. The number of hydrogen-bond acceptors (Lipinski definition) is 0. The van der Waals surface area contributed by atoms with Crippen molar-refractivity contribution in [3.63, 3.8) is 0 Å². The van der Waals surface area contributed by atoms with Crippen molar-refractivity contribution in [3.05, 3.63) is 35.4 Å². The Labute approximate surface area is 117 Å². The van der Waals surface area contributed by atoms with Crippen molar-refractivity contribution in [1.29, 1.82) is 0 Å². The maximum absolute atomic E-state index is 6.70. The lowest BCUT2D eigenvalue weighted by Gasteiger charge is -2.12. The minimum Gasteiger partial charge on any atom is -0.117 e. The van der Waals surface area contributed by atoms with Crippen molar-refractivity contribution in [3.8, 4) is 0 Å². The molecule has 0 heterocycles. The molecule has 0 N–H and O–H groups in total. The van der Waals surface area contributed by atoms with E-state index in [1.165, 1.54) is 17.5 Å². The zero-order valence-corrected chi connectivity index (χ0v) is 13.0. The highest BCUT2D eigenvalue weighted by molar-refractivity contribution is 6.21. The van der Waals surface area contributed by atoms with Gasteiger partial charge in [-0.25, -0.2) is 0 Å². The zero-order chi connectivity index (χ0) is 13.6. The summed E-state index contributed by atoms with van der Waals surface area (Å²) in [6.45, 7) is 11.5. The van der Waals surface area contributed by atoms with E-state index in [0.717, 1.165) is 6.42 Å². The Balaban J connectivity index is 2.13. The van der Waals surface area contributed by atoms with Crippen molar-refractivity contribution < 1.29 is 0 Å². The third kappa shape index (κ3) is 2.09. The molecule has 1 heteroatoms. The molecule has 0 nitrogen and oxygen atoms in total. The lowest BCUT2D eigenvalue weighted by Crippen LogP contribution is -2.00. The van der Waals surface area contributed by atoms with E-state index < -0.39 is 0 Å². The Hall–Kier alpha value is -0.490. The lowest BCUT2D eigenvalue weighted by molar-refractivity contribution is 0.457. The molecule has 1 fully saturated rings. The predicted octanol–water partition coefficient (Wildman–Crippen LogP) is 5.60. The van der Waals surface area contributed by atoms with Crippen LogP contribution in [0.5, 0.6) is 0 Å². The van der Waals surface area contributed by atoms with E-state index in [-0.39, 0.29) is 5.38 Å². The second-order valence-electron chi connectivity index (χ2n) is 6.81. The van der Waals surface area contributed by atoms with Crippen LogP contribution in [0.25, 0.3) is 0 Å². The van der Waals surface area contributed by atoms with Gasteiger partial charge in [0.15, 0.2) is 0 Å². The highest BCUT2D eigenvalue weighted by atomic mass is 35.5. The van der Waals surface area contributed by atoms with Crippen molar-refractivity contribution in [1.82, 2.24) is 0 Å². The molecule has 0 saturated heterocycles. The smallest absolute Gasteiger partial charge is 0.0624 e. The highest BCUT2D eigenvalue weighted by Gasteiger charge is 2.67. The van der Waals surface area contributed by atoms with Gasteiger partial charge in [0, 0.05) is 0 Å². The van der Waals surface area contributed by atoms with Crippen LogP contribution >= 0.6 is 11.6 Å². The molecule has 1 atom stereocenters. The van der Waals surface area contributed by atoms with Crippen LogP contribution < -0.4 is 0 Å². The summed E-state index contributed by atoms with van der Waals surface area (Å²) >= 11 is 6.70. The zero-order valence-electron chi connectivity index (χ0n) is 12.3. The number of halogens is 1. The highest BCUT2D eigenvalue weighted by Crippen LogP contribution is 2.73.